The molecular formula is C11H13F3O. The van der Waals surface area contributed by atoms with Gasteiger partial charge in [-0.3, -0.25) is 0 Å². The lowest BCUT2D eigenvalue weighted by atomic mass is 9.84. The van der Waals surface area contributed by atoms with Crippen LogP contribution in [0.15, 0.2) is 30.3 Å². The molecule has 0 radical (unpaired) electrons. The van der Waals surface area contributed by atoms with Crippen molar-refractivity contribution in [2.24, 2.45) is 5.92 Å². The summed E-state index contributed by atoms with van der Waals surface area (Å²) < 4.78 is 37.4. The molecule has 1 N–H and O–H groups in total. The Morgan fingerprint density at radius 2 is 1.60 bits per heavy atom. The summed E-state index contributed by atoms with van der Waals surface area (Å²) >= 11 is 0. The molecule has 4 heteroatoms. The molecule has 1 aromatic rings. The zero-order chi connectivity index (χ0) is 11.7. The minimum Gasteiger partial charge on any atom is -0.385 e. The van der Waals surface area contributed by atoms with Crippen molar-refractivity contribution in [3.05, 3.63) is 35.9 Å². The van der Waals surface area contributed by atoms with Gasteiger partial charge in [-0.15, -0.1) is 0 Å². The lowest BCUT2D eigenvalue weighted by Crippen LogP contribution is -2.39. The highest BCUT2D eigenvalue weighted by atomic mass is 19.4. The van der Waals surface area contributed by atoms with Gasteiger partial charge in [0.15, 0.2) is 0 Å². The standard InChI is InChI=1S/C11H13F3O/c1-8(11(12,13)14)10(2,15)9-6-4-3-5-7-9/h3-8,15H,1-2H3. The lowest BCUT2D eigenvalue weighted by Gasteiger charge is -2.32. The molecule has 0 heterocycles. The van der Waals surface area contributed by atoms with Crippen LogP contribution in [0.25, 0.3) is 0 Å². The first-order valence-corrected chi connectivity index (χ1v) is 4.61. The van der Waals surface area contributed by atoms with Crippen LogP contribution in [0.5, 0.6) is 0 Å². The molecular weight excluding hydrogens is 205 g/mol. The third-order valence-electron chi connectivity index (χ3n) is 2.69. The number of rotatable bonds is 2. The molecule has 0 bridgehead atoms. The van der Waals surface area contributed by atoms with Crippen LogP contribution in [0, 0.1) is 5.92 Å². The van der Waals surface area contributed by atoms with Crippen molar-refractivity contribution in [2.45, 2.75) is 25.6 Å². The highest BCUT2D eigenvalue weighted by Gasteiger charge is 2.47. The van der Waals surface area contributed by atoms with Gasteiger partial charge in [-0.25, -0.2) is 0 Å². The fraction of sp³-hybridized carbons (Fsp3) is 0.455. The molecule has 15 heavy (non-hydrogen) atoms. The maximum absolute atomic E-state index is 12.5. The van der Waals surface area contributed by atoms with Gasteiger partial charge in [-0.1, -0.05) is 37.3 Å². The van der Waals surface area contributed by atoms with Crippen LogP contribution in [0.1, 0.15) is 19.4 Å². The van der Waals surface area contributed by atoms with Crippen LogP contribution < -0.4 is 0 Å². The van der Waals surface area contributed by atoms with Gasteiger partial charge in [0, 0.05) is 0 Å². The van der Waals surface area contributed by atoms with Gasteiger partial charge in [-0.05, 0) is 12.5 Å². The maximum Gasteiger partial charge on any atom is 0.394 e. The number of alkyl halides is 3. The Labute approximate surface area is 86.5 Å². The van der Waals surface area contributed by atoms with Crippen molar-refractivity contribution in [1.82, 2.24) is 0 Å². The van der Waals surface area contributed by atoms with E-state index >= 15 is 0 Å². The molecule has 0 spiro atoms. The van der Waals surface area contributed by atoms with E-state index in [2.05, 4.69) is 0 Å². The van der Waals surface area contributed by atoms with E-state index < -0.39 is 17.7 Å². The molecule has 2 unspecified atom stereocenters. The fourth-order valence-corrected chi connectivity index (χ4v) is 1.34. The van der Waals surface area contributed by atoms with Crippen LogP contribution in [0.4, 0.5) is 13.2 Å². The smallest absolute Gasteiger partial charge is 0.385 e. The van der Waals surface area contributed by atoms with Gasteiger partial charge in [0.05, 0.1) is 11.5 Å². The summed E-state index contributed by atoms with van der Waals surface area (Å²) in [5.41, 5.74) is -1.62. The van der Waals surface area contributed by atoms with Crippen molar-refractivity contribution in [1.29, 1.82) is 0 Å². The van der Waals surface area contributed by atoms with Crippen molar-refractivity contribution >= 4 is 0 Å². The average Bonchev–Trinajstić information content (AvgIpc) is 2.16. The number of aliphatic hydroxyl groups is 1. The molecule has 0 saturated heterocycles. The summed E-state index contributed by atoms with van der Waals surface area (Å²) in [6.07, 6.45) is -4.40. The van der Waals surface area contributed by atoms with E-state index in [1.54, 1.807) is 18.2 Å². The topological polar surface area (TPSA) is 20.2 Å². The third-order valence-corrected chi connectivity index (χ3v) is 2.69. The van der Waals surface area contributed by atoms with E-state index in [1.165, 1.54) is 19.1 Å². The summed E-state index contributed by atoms with van der Waals surface area (Å²) in [5, 5.41) is 9.87. The van der Waals surface area contributed by atoms with Crippen LogP contribution in [0.2, 0.25) is 0 Å². The predicted molar refractivity (Wildman–Crippen MR) is 51.2 cm³/mol. The first-order chi connectivity index (χ1) is 6.76. The summed E-state index contributed by atoms with van der Waals surface area (Å²) in [4.78, 5) is 0. The first kappa shape index (κ1) is 12.0. The number of hydrogen-bond acceptors (Lipinski definition) is 1. The molecule has 84 valence electrons. The first-order valence-electron chi connectivity index (χ1n) is 4.61. The van der Waals surface area contributed by atoms with E-state index in [0.717, 1.165) is 6.92 Å². The highest BCUT2D eigenvalue weighted by molar-refractivity contribution is 5.22. The Morgan fingerprint density at radius 1 is 1.13 bits per heavy atom. The molecule has 0 fully saturated rings. The molecule has 0 aliphatic rings. The van der Waals surface area contributed by atoms with Crippen molar-refractivity contribution in [2.75, 3.05) is 0 Å². The predicted octanol–water partition coefficient (Wildman–Crippen LogP) is 3.09. The highest BCUT2D eigenvalue weighted by Crippen LogP contribution is 2.39. The van der Waals surface area contributed by atoms with Crippen LogP contribution >= 0.6 is 0 Å². The normalized spacial score (nSPS) is 18.3. The van der Waals surface area contributed by atoms with Crippen molar-refractivity contribution in [3.8, 4) is 0 Å². The Kier molecular flexibility index (Phi) is 3.09. The minimum atomic E-state index is -4.40. The van der Waals surface area contributed by atoms with Gasteiger partial charge in [0.2, 0.25) is 0 Å². The second kappa shape index (κ2) is 3.85. The van der Waals surface area contributed by atoms with Gasteiger partial charge in [0.1, 0.15) is 0 Å². The molecule has 1 aromatic carbocycles. The van der Waals surface area contributed by atoms with E-state index in [0.29, 0.717) is 0 Å². The lowest BCUT2D eigenvalue weighted by molar-refractivity contribution is -0.220. The average molecular weight is 218 g/mol. The van der Waals surface area contributed by atoms with Crippen LogP contribution in [0.3, 0.4) is 0 Å². The molecule has 0 aliphatic heterocycles. The molecule has 1 nitrogen and oxygen atoms in total. The second-order valence-corrected chi connectivity index (χ2v) is 3.78. The Hall–Kier alpha value is -1.03. The Balaban J connectivity index is 3.03. The van der Waals surface area contributed by atoms with E-state index in [9.17, 15) is 18.3 Å². The van der Waals surface area contributed by atoms with Gasteiger partial charge in [0.25, 0.3) is 0 Å². The molecule has 2 atom stereocenters. The van der Waals surface area contributed by atoms with Crippen LogP contribution in [-0.2, 0) is 5.60 Å². The van der Waals surface area contributed by atoms with E-state index in [4.69, 9.17) is 0 Å². The molecule has 0 amide bonds. The number of benzene rings is 1. The molecule has 1 rings (SSSR count). The van der Waals surface area contributed by atoms with Gasteiger partial charge >= 0.3 is 6.18 Å². The van der Waals surface area contributed by atoms with Gasteiger partial charge < -0.3 is 5.11 Å². The zero-order valence-corrected chi connectivity index (χ0v) is 8.55. The fourth-order valence-electron chi connectivity index (χ4n) is 1.34. The Morgan fingerprint density at radius 3 is 2.00 bits per heavy atom. The molecule has 0 aliphatic carbocycles. The van der Waals surface area contributed by atoms with E-state index in [1.807, 2.05) is 0 Å². The number of halogens is 3. The summed E-state index contributed by atoms with van der Waals surface area (Å²) in [6, 6.07) is 7.88. The summed E-state index contributed by atoms with van der Waals surface area (Å²) in [7, 11) is 0. The largest absolute Gasteiger partial charge is 0.394 e. The Bertz CT molecular complexity index is 316. The maximum atomic E-state index is 12.5. The van der Waals surface area contributed by atoms with Gasteiger partial charge in [-0.2, -0.15) is 13.2 Å². The number of hydrogen-bond donors (Lipinski definition) is 1. The minimum absolute atomic E-state index is 0.273. The summed E-state index contributed by atoms with van der Waals surface area (Å²) in [5.74, 6) is -1.80. The van der Waals surface area contributed by atoms with Crippen LogP contribution in [-0.4, -0.2) is 11.3 Å². The SMILES string of the molecule is CC(C(F)(F)F)C(C)(O)c1ccccc1. The quantitative estimate of drug-likeness (QED) is 0.808. The van der Waals surface area contributed by atoms with Crippen molar-refractivity contribution < 1.29 is 18.3 Å². The third kappa shape index (κ3) is 2.50. The second-order valence-electron chi connectivity index (χ2n) is 3.78. The molecule has 0 saturated carbocycles. The van der Waals surface area contributed by atoms with Crippen molar-refractivity contribution in [3.63, 3.8) is 0 Å². The monoisotopic (exact) mass is 218 g/mol. The summed E-state index contributed by atoms with van der Waals surface area (Å²) in [6.45, 7) is 2.16. The zero-order valence-electron chi connectivity index (χ0n) is 8.55. The molecule has 0 aromatic heterocycles. The van der Waals surface area contributed by atoms with E-state index in [-0.39, 0.29) is 5.56 Å².